The Bertz CT molecular complexity index is 574. The maximum Gasteiger partial charge on any atom is 0.0900 e. The van der Waals surface area contributed by atoms with Gasteiger partial charge < -0.3 is 5.73 Å². The zero-order chi connectivity index (χ0) is 12.7. The molecule has 0 saturated carbocycles. The number of aryl methyl sites for hydroxylation is 2. The number of fused-ring (bicyclic) bond motifs is 1. The van der Waals surface area contributed by atoms with Gasteiger partial charge in [0.05, 0.1) is 10.7 Å². The van der Waals surface area contributed by atoms with E-state index < -0.39 is 0 Å². The summed E-state index contributed by atoms with van der Waals surface area (Å²) in [6.45, 7) is 4.11. The minimum atomic E-state index is 0.134. The van der Waals surface area contributed by atoms with Crippen molar-refractivity contribution in [2.24, 2.45) is 5.73 Å². The zero-order valence-electron chi connectivity index (χ0n) is 10.8. The first-order valence-corrected chi connectivity index (χ1v) is 7.24. The number of thiazole rings is 1. The number of aromatic nitrogens is 1. The fourth-order valence-electron chi connectivity index (χ4n) is 2.88. The first-order valence-electron chi connectivity index (χ1n) is 6.42. The summed E-state index contributed by atoms with van der Waals surface area (Å²) in [6.07, 6.45) is 2.22. The summed E-state index contributed by atoms with van der Waals surface area (Å²) in [5, 5.41) is 1.12. The monoisotopic (exact) mass is 258 g/mol. The van der Waals surface area contributed by atoms with E-state index in [-0.39, 0.29) is 6.04 Å². The summed E-state index contributed by atoms with van der Waals surface area (Å²) in [5.41, 5.74) is 10.4. The lowest BCUT2D eigenvalue weighted by atomic mass is 9.74. The predicted octanol–water partition coefficient (Wildman–Crippen LogP) is 3.49. The summed E-state index contributed by atoms with van der Waals surface area (Å²) >= 11 is 1.74. The van der Waals surface area contributed by atoms with Crippen LogP contribution in [0, 0.1) is 13.8 Å². The van der Waals surface area contributed by atoms with Crippen molar-refractivity contribution in [3.63, 3.8) is 0 Å². The van der Waals surface area contributed by atoms with Gasteiger partial charge in [-0.15, -0.1) is 11.3 Å². The third-order valence-corrected chi connectivity index (χ3v) is 4.98. The van der Waals surface area contributed by atoms with E-state index in [4.69, 9.17) is 5.73 Å². The van der Waals surface area contributed by atoms with Crippen molar-refractivity contribution < 1.29 is 0 Å². The molecular formula is C15H18N2S. The topological polar surface area (TPSA) is 38.9 Å². The third-order valence-electron chi connectivity index (χ3n) is 3.78. The highest BCUT2D eigenvalue weighted by Gasteiger charge is 2.28. The first kappa shape index (κ1) is 11.9. The standard InChI is InChI=1S/C15H18N2S/c1-9-15(18-10(2)17-9)14(16)8-12-7-11-5-3-4-6-13(11)12/h3-6,12,14H,7-8,16H2,1-2H3. The van der Waals surface area contributed by atoms with E-state index in [2.05, 4.69) is 36.2 Å². The molecule has 3 rings (SSSR count). The predicted molar refractivity (Wildman–Crippen MR) is 76.0 cm³/mol. The van der Waals surface area contributed by atoms with Gasteiger partial charge in [-0.05, 0) is 43.7 Å². The van der Waals surface area contributed by atoms with Crippen LogP contribution in [-0.2, 0) is 6.42 Å². The van der Waals surface area contributed by atoms with Crippen LogP contribution >= 0.6 is 11.3 Å². The zero-order valence-corrected chi connectivity index (χ0v) is 11.6. The molecule has 2 N–H and O–H groups in total. The van der Waals surface area contributed by atoms with E-state index in [0.29, 0.717) is 5.92 Å². The Hall–Kier alpha value is -1.19. The van der Waals surface area contributed by atoms with E-state index in [1.807, 2.05) is 6.92 Å². The van der Waals surface area contributed by atoms with Gasteiger partial charge in [0.1, 0.15) is 0 Å². The molecule has 0 amide bonds. The van der Waals surface area contributed by atoms with Crippen molar-refractivity contribution in [3.8, 4) is 0 Å². The van der Waals surface area contributed by atoms with Crippen molar-refractivity contribution >= 4 is 11.3 Å². The van der Waals surface area contributed by atoms with E-state index in [9.17, 15) is 0 Å². The largest absolute Gasteiger partial charge is 0.323 e. The third kappa shape index (κ3) is 1.98. The fourth-order valence-corrected chi connectivity index (χ4v) is 3.82. The number of rotatable bonds is 3. The van der Waals surface area contributed by atoms with Crippen LogP contribution in [-0.4, -0.2) is 4.98 Å². The highest BCUT2D eigenvalue weighted by Crippen LogP contribution is 2.41. The highest BCUT2D eigenvalue weighted by molar-refractivity contribution is 7.11. The SMILES string of the molecule is Cc1nc(C)c(C(N)CC2Cc3ccccc32)s1. The molecule has 2 aromatic rings. The van der Waals surface area contributed by atoms with Crippen LogP contribution in [0.2, 0.25) is 0 Å². The molecule has 0 spiro atoms. The maximum absolute atomic E-state index is 6.35. The van der Waals surface area contributed by atoms with Crippen LogP contribution in [0.1, 0.15) is 45.1 Å². The van der Waals surface area contributed by atoms with Crippen molar-refractivity contribution in [1.29, 1.82) is 0 Å². The number of benzene rings is 1. The molecule has 1 aromatic heterocycles. The summed E-state index contributed by atoms with van der Waals surface area (Å²) < 4.78 is 0. The van der Waals surface area contributed by atoms with Crippen molar-refractivity contribution in [2.75, 3.05) is 0 Å². The Morgan fingerprint density at radius 2 is 2.17 bits per heavy atom. The second-order valence-electron chi connectivity index (χ2n) is 5.12. The second kappa shape index (κ2) is 4.48. The number of nitrogens with two attached hydrogens (primary N) is 1. The summed E-state index contributed by atoms with van der Waals surface area (Å²) in [7, 11) is 0. The van der Waals surface area contributed by atoms with Gasteiger partial charge in [0, 0.05) is 10.9 Å². The van der Waals surface area contributed by atoms with Gasteiger partial charge >= 0.3 is 0 Å². The molecule has 0 saturated heterocycles. The van der Waals surface area contributed by atoms with Gasteiger partial charge in [0.2, 0.25) is 0 Å². The number of hydrogen-bond acceptors (Lipinski definition) is 3. The lowest BCUT2D eigenvalue weighted by Crippen LogP contribution is -2.22. The maximum atomic E-state index is 6.35. The average Bonchev–Trinajstić information content (AvgIpc) is 2.65. The Balaban J connectivity index is 1.74. The molecule has 0 fully saturated rings. The molecule has 0 aliphatic heterocycles. The van der Waals surface area contributed by atoms with Crippen molar-refractivity contribution in [2.45, 2.75) is 38.6 Å². The van der Waals surface area contributed by atoms with Gasteiger partial charge in [0.15, 0.2) is 0 Å². The lowest BCUT2D eigenvalue weighted by Gasteiger charge is -2.31. The molecule has 3 heteroatoms. The van der Waals surface area contributed by atoms with Crippen molar-refractivity contribution in [3.05, 3.63) is 51.0 Å². The van der Waals surface area contributed by atoms with Crippen LogP contribution in [0.5, 0.6) is 0 Å². The van der Waals surface area contributed by atoms with E-state index >= 15 is 0 Å². The van der Waals surface area contributed by atoms with Crippen LogP contribution in [0.25, 0.3) is 0 Å². The Morgan fingerprint density at radius 1 is 1.39 bits per heavy atom. The Kier molecular flexibility index (Phi) is 2.96. The molecule has 1 aliphatic rings. The van der Waals surface area contributed by atoms with Gasteiger partial charge in [-0.2, -0.15) is 0 Å². The second-order valence-corrected chi connectivity index (χ2v) is 6.36. The Morgan fingerprint density at radius 3 is 2.83 bits per heavy atom. The molecule has 2 unspecified atom stereocenters. The van der Waals surface area contributed by atoms with Gasteiger partial charge in [0.25, 0.3) is 0 Å². The molecule has 18 heavy (non-hydrogen) atoms. The van der Waals surface area contributed by atoms with Crippen molar-refractivity contribution in [1.82, 2.24) is 4.98 Å². The molecule has 2 nitrogen and oxygen atoms in total. The molecule has 0 bridgehead atoms. The van der Waals surface area contributed by atoms with E-state index in [1.54, 1.807) is 11.3 Å². The van der Waals surface area contributed by atoms with Crippen LogP contribution < -0.4 is 5.73 Å². The molecule has 0 radical (unpaired) electrons. The van der Waals surface area contributed by atoms with Gasteiger partial charge in [-0.3, -0.25) is 0 Å². The molecule has 1 aliphatic carbocycles. The lowest BCUT2D eigenvalue weighted by molar-refractivity contribution is 0.501. The molecule has 1 aromatic carbocycles. The molecule has 1 heterocycles. The molecule has 94 valence electrons. The first-order chi connectivity index (χ1) is 8.65. The van der Waals surface area contributed by atoms with Crippen LogP contribution in [0.15, 0.2) is 24.3 Å². The quantitative estimate of drug-likeness (QED) is 0.915. The number of hydrogen-bond donors (Lipinski definition) is 1. The van der Waals surface area contributed by atoms with Crippen LogP contribution in [0.4, 0.5) is 0 Å². The summed E-state index contributed by atoms with van der Waals surface area (Å²) in [5.74, 6) is 0.637. The smallest absolute Gasteiger partial charge is 0.0900 e. The fraction of sp³-hybridized carbons (Fsp3) is 0.400. The molecular weight excluding hydrogens is 240 g/mol. The van der Waals surface area contributed by atoms with Gasteiger partial charge in [-0.25, -0.2) is 4.98 Å². The Labute approximate surface area is 112 Å². The minimum absolute atomic E-state index is 0.134. The van der Waals surface area contributed by atoms with E-state index in [0.717, 1.165) is 17.1 Å². The summed E-state index contributed by atoms with van der Waals surface area (Å²) in [4.78, 5) is 5.73. The summed E-state index contributed by atoms with van der Waals surface area (Å²) in [6, 6.07) is 8.83. The number of nitrogens with zero attached hydrogens (tertiary/aromatic N) is 1. The minimum Gasteiger partial charge on any atom is -0.323 e. The van der Waals surface area contributed by atoms with Crippen LogP contribution in [0.3, 0.4) is 0 Å². The average molecular weight is 258 g/mol. The molecule has 2 atom stereocenters. The normalized spacial score (nSPS) is 19.2. The highest BCUT2D eigenvalue weighted by atomic mass is 32.1. The van der Waals surface area contributed by atoms with Gasteiger partial charge in [-0.1, -0.05) is 24.3 Å². The van der Waals surface area contributed by atoms with E-state index in [1.165, 1.54) is 22.4 Å².